The molecule has 1 aromatic carbocycles. The molecule has 0 bridgehead atoms. The van der Waals surface area contributed by atoms with E-state index in [2.05, 4.69) is 45.5 Å². The number of aliphatic imine (C=N–C) groups is 1. The average Bonchev–Trinajstić information content (AvgIpc) is 3.34. The maximum atomic E-state index is 12.0. The van der Waals surface area contributed by atoms with Crippen LogP contribution in [0.15, 0.2) is 35.3 Å². The molecule has 1 aromatic rings. The molecule has 142 valence electrons. The summed E-state index contributed by atoms with van der Waals surface area (Å²) in [4.78, 5) is 20.5. The number of amides is 1. The van der Waals surface area contributed by atoms with Crippen LogP contribution in [0.1, 0.15) is 24.3 Å². The van der Waals surface area contributed by atoms with Gasteiger partial charge < -0.3 is 19.9 Å². The molecular weight excluding hydrogens is 328 g/mol. The second kappa shape index (κ2) is 9.03. The number of guanidine groups is 1. The van der Waals surface area contributed by atoms with E-state index in [-0.39, 0.29) is 12.5 Å². The Hall–Kier alpha value is -2.08. The van der Waals surface area contributed by atoms with Gasteiger partial charge in [0.2, 0.25) is 5.91 Å². The van der Waals surface area contributed by atoms with Gasteiger partial charge >= 0.3 is 0 Å². The number of rotatable bonds is 5. The van der Waals surface area contributed by atoms with E-state index in [0.29, 0.717) is 11.8 Å². The molecule has 1 amide bonds. The van der Waals surface area contributed by atoms with Gasteiger partial charge in [0.15, 0.2) is 5.96 Å². The fourth-order valence-electron chi connectivity index (χ4n) is 3.48. The van der Waals surface area contributed by atoms with Crippen molar-refractivity contribution in [2.75, 3.05) is 53.5 Å². The molecule has 1 N–H and O–H groups in total. The number of ether oxygens (including phenoxy) is 1. The van der Waals surface area contributed by atoms with E-state index in [1.165, 1.54) is 5.56 Å². The summed E-state index contributed by atoms with van der Waals surface area (Å²) in [6.07, 6.45) is 2.20. The number of nitrogens with one attached hydrogen (secondary N) is 1. The fourth-order valence-corrected chi connectivity index (χ4v) is 3.48. The first-order valence-corrected chi connectivity index (χ1v) is 9.49. The lowest BCUT2D eigenvalue weighted by atomic mass is 9.99. The fraction of sp³-hybridized carbons (Fsp3) is 0.600. The molecule has 2 atom stereocenters. The van der Waals surface area contributed by atoms with Crippen LogP contribution in [0.25, 0.3) is 0 Å². The zero-order chi connectivity index (χ0) is 18.4. The van der Waals surface area contributed by atoms with Crippen LogP contribution in [0.2, 0.25) is 0 Å². The van der Waals surface area contributed by atoms with Crippen molar-refractivity contribution in [2.24, 2.45) is 10.9 Å². The third kappa shape index (κ3) is 4.97. The highest BCUT2D eigenvalue weighted by Gasteiger charge is 2.27. The highest BCUT2D eigenvalue weighted by molar-refractivity contribution is 5.85. The van der Waals surface area contributed by atoms with Crippen molar-refractivity contribution in [1.29, 1.82) is 0 Å². The number of nitrogens with zero attached hydrogens (tertiary/aromatic N) is 3. The number of benzene rings is 1. The summed E-state index contributed by atoms with van der Waals surface area (Å²) in [5.74, 6) is 1.91. The van der Waals surface area contributed by atoms with Crippen molar-refractivity contribution < 1.29 is 9.53 Å². The van der Waals surface area contributed by atoms with Gasteiger partial charge in [0.25, 0.3) is 0 Å². The molecule has 0 spiro atoms. The van der Waals surface area contributed by atoms with Gasteiger partial charge in [-0.15, -0.1) is 0 Å². The number of hydrogen-bond acceptors (Lipinski definition) is 3. The van der Waals surface area contributed by atoms with Crippen LogP contribution in [-0.2, 0) is 9.53 Å². The quantitative estimate of drug-likeness (QED) is 0.641. The van der Waals surface area contributed by atoms with E-state index in [1.807, 2.05) is 0 Å². The van der Waals surface area contributed by atoms with Crippen LogP contribution < -0.4 is 5.32 Å². The molecule has 0 aromatic heterocycles. The maximum absolute atomic E-state index is 12.0. The Morgan fingerprint density at radius 2 is 2.12 bits per heavy atom. The molecule has 6 nitrogen and oxygen atoms in total. The highest BCUT2D eigenvalue weighted by Crippen LogP contribution is 2.27. The van der Waals surface area contributed by atoms with Crippen molar-refractivity contribution in [1.82, 2.24) is 15.1 Å². The molecule has 26 heavy (non-hydrogen) atoms. The molecular formula is C20H30N4O2. The Bertz CT molecular complexity index is 611. The minimum Gasteiger partial charge on any atom is -0.381 e. The van der Waals surface area contributed by atoms with Gasteiger partial charge in [-0.05, 0) is 18.4 Å². The highest BCUT2D eigenvalue weighted by atomic mass is 16.5. The molecule has 2 fully saturated rings. The van der Waals surface area contributed by atoms with Crippen molar-refractivity contribution in [3.05, 3.63) is 35.9 Å². The van der Waals surface area contributed by atoms with E-state index < -0.39 is 0 Å². The normalized spacial score (nSPS) is 23.3. The van der Waals surface area contributed by atoms with Gasteiger partial charge in [0, 0.05) is 52.2 Å². The summed E-state index contributed by atoms with van der Waals surface area (Å²) >= 11 is 0. The Morgan fingerprint density at radius 1 is 1.31 bits per heavy atom. The topological polar surface area (TPSA) is 57.2 Å². The lowest BCUT2D eigenvalue weighted by Gasteiger charge is -2.23. The number of carbonyl (C=O) groups is 1. The summed E-state index contributed by atoms with van der Waals surface area (Å²) in [7, 11) is 3.53. The zero-order valence-corrected chi connectivity index (χ0v) is 15.9. The monoisotopic (exact) mass is 358 g/mol. The van der Waals surface area contributed by atoms with Gasteiger partial charge in [-0.25, -0.2) is 4.99 Å². The first kappa shape index (κ1) is 18.7. The molecule has 3 rings (SSSR count). The summed E-state index contributed by atoms with van der Waals surface area (Å²) < 4.78 is 5.47. The van der Waals surface area contributed by atoms with Crippen LogP contribution in [0.3, 0.4) is 0 Å². The minimum atomic E-state index is 0.0207. The molecule has 0 aliphatic carbocycles. The molecule has 2 saturated heterocycles. The summed E-state index contributed by atoms with van der Waals surface area (Å²) in [6, 6.07) is 10.6. The molecule has 6 heteroatoms. The molecule has 2 aliphatic heterocycles. The smallest absolute Gasteiger partial charge is 0.243 e. The predicted octanol–water partition coefficient (Wildman–Crippen LogP) is 1.55. The van der Waals surface area contributed by atoms with Gasteiger partial charge in [0.1, 0.15) is 6.54 Å². The first-order chi connectivity index (χ1) is 12.6. The molecule has 0 radical (unpaired) electrons. The summed E-state index contributed by atoms with van der Waals surface area (Å²) in [5, 5.41) is 3.50. The maximum Gasteiger partial charge on any atom is 0.243 e. The van der Waals surface area contributed by atoms with Crippen molar-refractivity contribution in [3.8, 4) is 0 Å². The molecule has 2 unspecified atom stereocenters. The SMILES string of the molecule is CN(C)C(=O)CN=C(NCC1CCOC1)N1CCC(c2ccccc2)C1. The van der Waals surface area contributed by atoms with E-state index in [9.17, 15) is 4.79 Å². The van der Waals surface area contributed by atoms with Gasteiger partial charge in [-0.2, -0.15) is 0 Å². The Kier molecular flexibility index (Phi) is 6.50. The number of likely N-dealkylation sites (tertiary alicyclic amines) is 1. The van der Waals surface area contributed by atoms with E-state index in [1.54, 1.807) is 19.0 Å². The van der Waals surface area contributed by atoms with Gasteiger partial charge in [0.05, 0.1) is 6.61 Å². The minimum absolute atomic E-state index is 0.0207. The number of hydrogen-bond donors (Lipinski definition) is 1. The Labute approximate surface area is 156 Å². The first-order valence-electron chi connectivity index (χ1n) is 9.49. The second-order valence-electron chi connectivity index (χ2n) is 7.38. The van der Waals surface area contributed by atoms with Crippen LogP contribution in [0, 0.1) is 5.92 Å². The Balaban J connectivity index is 1.64. The Morgan fingerprint density at radius 3 is 2.81 bits per heavy atom. The van der Waals surface area contributed by atoms with Crippen molar-refractivity contribution >= 4 is 11.9 Å². The third-order valence-electron chi connectivity index (χ3n) is 5.19. The van der Waals surface area contributed by atoms with Crippen LogP contribution in [0.5, 0.6) is 0 Å². The van der Waals surface area contributed by atoms with Crippen LogP contribution in [-0.4, -0.2) is 75.2 Å². The lowest BCUT2D eigenvalue weighted by Crippen LogP contribution is -2.43. The lowest BCUT2D eigenvalue weighted by molar-refractivity contribution is -0.127. The predicted molar refractivity (Wildman–Crippen MR) is 103 cm³/mol. The van der Waals surface area contributed by atoms with Gasteiger partial charge in [-0.3, -0.25) is 4.79 Å². The summed E-state index contributed by atoms with van der Waals surface area (Å²) in [6.45, 7) is 4.58. The standard InChI is InChI=1S/C20H30N4O2/c1-23(2)19(25)13-22-20(21-12-16-9-11-26-15-16)24-10-8-18(14-24)17-6-4-3-5-7-17/h3-7,16,18H,8-15H2,1-2H3,(H,21,22). The molecule has 2 heterocycles. The average molecular weight is 358 g/mol. The van der Waals surface area contributed by atoms with Crippen molar-refractivity contribution in [3.63, 3.8) is 0 Å². The molecule has 2 aliphatic rings. The van der Waals surface area contributed by atoms with E-state index in [0.717, 1.165) is 51.6 Å². The zero-order valence-electron chi connectivity index (χ0n) is 15.9. The second-order valence-corrected chi connectivity index (χ2v) is 7.38. The number of likely N-dealkylation sites (N-methyl/N-ethyl adjacent to an activating group) is 1. The van der Waals surface area contributed by atoms with Gasteiger partial charge in [-0.1, -0.05) is 30.3 Å². The summed E-state index contributed by atoms with van der Waals surface area (Å²) in [5.41, 5.74) is 1.38. The van der Waals surface area contributed by atoms with Crippen LogP contribution >= 0.6 is 0 Å². The molecule has 0 saturated carbocycles. The van der Waals surface area contributed by atoms with Crippen LogP contribution in [0.4, 0.5) is 0 Å². The third-order valence-corrected chi connectivity index (χ3v) is 5.19. The van der Waals surface area contributed by atoms with E-state index >= 15 is 0 Å². The largest absolute Gasteiger partial charge is 0.381 e. The number of carbonyl (C=O) groups excluding carboxylic acids is 1. The van der Waals surface area contributed by atoms with Crippen molar-refractivity contribution in [2.45, 2.75) is 18.8 Å². The van der Waals surface area contributed by atoms with E-state index in [4.69, 9.17) is 4.74 Å².